The van der Waals surface area contributed by atoms with Crippen molar-refractivity contribution >= 4 is 76.2 Å². The fourth-order valence-corrected chi connectivity index (χ4v) is 6.74. The van der Waals surface area contributed by atoms with Crippen LogP contribution in [0.3, 0.4) is 0 Å². The van der Waals surface area contributed by atoms with Crippen LogP contribution in [0.2, 0.25) is 0 Å². The van der Waals surface area contributed by atoms with Gasteiger partial charge in [0.1, 0.15) is 5.58 Å². The minimum Gasteiger partial charge on any atom is -0.454 e. The average Bonchev–Trinajstić information content (AvgIpc) is 3.57. The molecule has 0 fully saturated rings. The lowest BCUT2D eigenvalue weighted by molar-refractivity contribution is 0.670. The van der Waals surface area contributed by atoms with E-state index in [0.29, 0.717) is 0 Å². The molecule has 2 heterocycles. The Kier molecular flexibility index (Phi) is 5.32. The van der Waals surface area contributed by atoms with Gasteiger partial charge in [-0.25, -0.2) is 0 Å². The first-order chi connectivity index (χ1) is 19.8. The van der Waals surface area contributed by atoms with Crippen molar-refractivity contribution in [3.8, 4) is 11.1 Å². The van der Waals surface area contributed by atoms with E-state index in [9.17, 15) is 0 Å². The summed E-state index contributed by atoms with van der Waals surface area (Å²) in [6.07, 6.45) is 0. The van der Waals surface area contributed by atoms with Crippen LogP contribution in [0.4, 0.5) is 22.7 Å². The number of rotatable bonds is 5. The van der Waals surface area contributed by atoms with Crippen molar-refractivity contribution in [2.45, 2.75) is 0 Å². The number of para-hydroxylation sites is 2. The van der Waals surface area contributed by atoms with E-state index in [1.165, 1.54) is 20.2 Å². The third-order valence-electron chi connectivity index (χ3n) is 7.40. The first-order valence-electron chi connectivity index (χ1n) is 13.4. The highest BCUT2D eigenvalue weighted by Crippen LogP contribution is 2.40. The molecule has 0 atom stereocenters. The van der Waals surface area contributed by atoms with Crippen molar-refractivity contribution in [1.29, 1.82) is 0 Å². The maximum absolute atomic E-state index is 6.30. The van der Waals surface area contributed by atoms with Crippen LogP contribution in [-0.2, 0) is 0 Å². The molecule has 0 unspecified atom stereocenters. The van der Waals surface area contributed by atoms with Crippen LogP contribution < -0.4 is 10.6 Å². The maximum atomic E-state index is 6.30. The van der Waals surface area contributed by atoms with Gasteiger partial charge in [0.2, 0.25) is 0 Å². The third kappa shape index (κ3) is 3.89. The molecule has 8 rings (SSSR count). The Balaban J connectivity index is 1.26. The zero-order valence-corrected chi connectivity index (χ0v) is 22.3. The largest absolute Gasteiger partial charge is 0.454 e. The van der Waals surface area contributed by atoms with E-state index in [2.05, 4.69) is 132 Å². The normalized spacial score (nSPS) is 11.5. The second-order valence-electron chi connectivity index (χ2n) is 9.97. The average molecular weight is 533 g/mol. The third-order valence-corrected chi connectivity index (χ3v) is 8.54. The van der Waals surface area contributed by atoms with Crippen molar-refractivity contribution in [2.24, 2.45) is 0 Å². The molecule has 40 heavy (non-hydrogen) atoms. The molecule has 0 radical (unpaired) electrons. The van der Waals surface area contributed by atoms with Gasteiger partial charge in [-0.05, 0) is 59.7 Å². The number of hydrogen-bond donors (Lipinski definition) is 2. The van der Waals surface area contributed by atoms with E-state index >= 15 is 0 Å². The number of hydrogen-bond acceptors (Lipinski definition) is 4. The van der Waals surface area contributed by atoms with Gasteiger partial charge in [-0.1, -0.05) is 84.9 Å². The fourth-order valence-electron chi connectivity index (χ4n) is 5.60. The van der Waals surface area contributed by atoms with Crippen LogP contribution in [-0.4, -0.2) is 0 Å². The summed E-state index contributed by atoms with van der Waals surface area (Å²) in [4.78, 5) is 0. The summed E-state index contributed by atoms with van der Waals surface area (Å²) in [5.41, 5.74) is 8.09. The van der Waals surface area contributed by atoms with Gasteiger partial charge in [0.25, 0.3) is 0 Å². The zero-order chi connectivity index (χ0) is 26.5. The topological polar surface area (TPSA) is 37.2 Å². The molecule has 2 aromatic heterocycles. The summed E-state index contributed by atoms with van der Waals surface area (Å²) in [7, 11) is 0. The van der Waals surface area contributed by atoms with Crippen LogP contribution in [0, 0.1) is 0 Å². The van der Waals surface area contributed by atoms with Crippen molar-refractivity contribution in [3.63, 3.8) is 0 Å². The first-order valence-corrected chi connectivity index (χ1v) is 14.2. The SMILES string of the molecule is c1ccc(-c2cc(Nc3cccc4c3oc3ccccc34)cc(Nc3cccc4sc5ccccc5c34)c2)cc1. The number of furan rings is 1. The Morgan fingerprint density at radius 2 is 1.12 bits per heavy atom. The smallest absolute Gasteiger partial charge is 0.158 e. The van der Waals surface area contributed by atoms with Gasteiger partial charge < -0.3 is 15.1 Å². The van der Waals surface area contributed by atoms with Crippen LogP contribution in [0.25, 0.3) is 53.2 Å². The van der Waals surface area contributed by atoms with Crippen LogP contribution in [0.5, 0.6) is 0 Å². The van der Waals surface area contributed by atoms with Gasteiger partial charge in [-0.3, -0.25) is 0 Å². The zero-order valence-electron chi connectivity index (χ0n) is 21.5. The van der Waals surface area contributed by atoms with Crippen molar-refractivity contribution in [2.75, 3.05) is 10.6 Å². The maximum Gasteiger partial charge on any atom is 0.158 e. The Labute approximate surface area is 235 Å². The molecule has 2 N–H and O–H groups in total. The lowest BCUT2D eigenvalue weighted by Crippen LogP contribution is -1.96. The standard InChI is InChI=1S/C36H24N2OS/c1-2-10-23(11-3-1)24-20-25(37-30-15-9-19-34-35(30)29-13-5-7-18-33(29)40-34)22-26(21-24)38-31-16-8-14-28-27-12-4-6-17-32(27)39-36(28)31/h1-22,37-38H. The summed E-state index contributed by atoms with van der Waals surface area (Å²) in [5, 5.41) is 12.2. The predicted molar refractivity (Wildman–Crippen MR) is 171 cm³/mol. The highest BCUT2D eigenvalue weighted by atomic mass is 32.1. The lowest BCUT2D eigenvalue weighted by atomic mass is 10.0. The molecule has 0 aliphatic rings. The van der Waals surface area contributed by atoms with E-state index in [-0.39, 0.29) is 0 Å². The number of fused-ring (bicyclic) bond motifs is 6. The molecular formula is C36H24N2OS. The van der Waals surface area contributed by atoms with Crippen molar-refractivity contribution < 1.29 is 4.42 Å². The highest BCUT2D eigenvalue weighted by Gasteiger charge is 2.13. The van der Waals surface area contributed by atoms with Crippen molar-refractivity contribution in [3.05, 3.63) is 133 Å². The minimum absolute atomic E-state index is 0.859. The van der Waals surface area contributed by atoms with E-state index in [1.807, 2.05) is 23.5 Å². The van der Waals surface area contributed by atoms with E-state index < -0.39 is 0 Å². The number of benzene rings is 6. The van der Waals surface area contributed by atoms with Gasteiger partial charge in [0.05, 0.1) is 5.69 Å². The monoisotopic (exact) mass is 532 g/mol. The van der Waals surface area contributed by atoms with E-state index in [0.717, 1.165) is 55.8 Å². The summed E-state index contributed by atoms with van der Waals surface area (Å²) >= 11 is 1.83. The summed E-state index contributed by atoms with van der Waals surface area (Å²) in [6, 6.07) is 46.7. The van der Waals surface area contributed by atoms with Gasteiger partial charge >= 0.3 is 0 Å². The summed E-state index contributed by atoms with van der Waals surface area (Å²) < 4.78 is 8.88. The fraction of sp³-hybridized carbons (Fsp3) is 0. The minimum atomic E-state index is 0.859. The Morgan fingerprint density at radius 1 is 0.475 bits per heavy atom. The second-order valence-corrected chi connectivity index (χ2v) is 11.1. The molecule has 0 spiro atoms. The second kappa shape index (κ2) is 9.30. The molecular weight excluding hydrogens is 508 g/mol. The molecule has 0 saturated heterocycles. The number of nitrogens with one attached hydrogen (secondary N) is 2. The highest BCUT2D eigenvalue weighted by molar-refractivity contribution is 7.25. The number of anilines is 4. The van der Waals surface area contributed by atoms with E-state index in [4.69, 9.17) is 4.42 Å². The van der Waals surface area contributed by atoms with Gasteiger partial charge in [0, 0.05) is 48.0 Å². The van der Waals surface area contributed by atoms with Gasteiger partial charge in [-0.2, -0.15) is 0 Å². The van der Waals surface area contributed by atoms with Crippen LogP contribution in [0.1, 0.15) is 0 Å². The molecule has 0 saturated carbocycles. The summed E-state index contributed by atoms with van der Waals surface area (Å²) in [5.74, 6) is 0. The lowest BCUT2D eigenvalue weighted by Gasteiger charge is -2.15. The quantitative estimate of drug-likeness (QED) is 0.231. The van der Waals surface area contributed by atoms with Gasteiger partial charge in [0.15, 0.2) is 5.58 Å². The first kappa shape index (κ1) is 22.9. The predicted octanol–water partition coefficient (Wildman–Crippen LogP) is 11.1. The van der Waals surface area contributed by atoms with Crippen molar-refractivity contribution in [1.82, 2.24) is 0 Å². The van der Waals surface area contributed by atoms with E-state index in [1.54, 1.807) is 0 Å². The number of thiophene rings is 1. The molecule has 0 bridgehead atoms. The Hall–Kier alpha value is -5.06. The van der Waals surface area contributed by atoms with Crippen LogP contribution >= 0.6 is 11.3 Å². The summed E-state index contributed by atoms with van der Waals surface area (Å²) in [6.45, 7) is 0. The molecule has 0 amide bonds. The van der Waals surface area contributed by atoms with Crippen LogP contribution in [0.15, 0.2) is 138 Å². The molecule has 0 aliphatic heterocycles. The molecule has 0 aliphatic carbocycles. The molecule has 8 aromatic rings. The Morgan fingerprint density at radius 3 is 2.00 bits per heavy atom. The van der Waals surface area contributed by atoms with Gasteiger partial charge in [-0.15, -0.1) is 11.3 Å². The molecule has 3 nitrogen and oxygen atoms in total. The molecule has 4 heteroatoms. The molecule has 6 aromatic carbocycles. The Bertz CT molecular complexity index is 2180. The molecule has 190 valence electrons.